The highest BCUT2D eigenvalue weighted by atomic mass is 16.5. The first-order valence-corrected chi connectivity index (χ1v) is 11.5. The Morgan fingerprint density at radius 1 is 1.20 bits per heavy atom. The molecule has 2 heterocycles. The number of ether oxygens (including phenoxy) is 1. The number of carbonyl (C=O) groups is 1. The van der Waals surface area contributed by atoms with E-state index in [0.29, 0.717) is 23.2 Å². The van der Waals surface area contributed by atoms with Crippen molar-refractivity contribution in [2.45, 2.75) is 57.8 Å². The van der Waals surface area contributed by atoms with E-state index in [1.807, 2.05) is 12.1 Å². The van der Waals surface area contributed by atoms with Crippen molar-refractivity contribution in [1.82, 2.24) is 9.88 Å². The normalized spacial score (nSPS) is 22.6. The fourth-order valence-electron chi connectivity index (χ4n) is 5.64. The largest absolute Gasteiger partial charge is 0.496 e. The number of pyridine rings is 1. The van der Waals surface area contributed by atoms with E-state index in [1.165, 1.54) is 36.1 Å². The van der Waals surface area contributed by atoms with Gasteiger partial charge in [0.25, 0.3) is 0 Å². The Balaban J connectivity index is 1.25. The lowest BCUT2D eigenvalue weighted by molar-refractivity contribution is -0.135. The first-order valence-electron chi connectivity index (χ1n) is 11.5. The van der Waals surface area contributed by atoms with E-state index < -0.39 is 0 Å². The molecule has 158 valence electrons. The number of para-hydroxylation sites is 1. The lowest BCUT2D eigenvalue weighted by atomic mass is 9.79. The Morgan fingerprint density at radius 2 is 1.97 bits per heavy atom. The van der Waals surface area contributed by atoms with Gasteiger partial charge in [-0.05, 0) is 73.8 Å². The summed E-state index contributed by atoms with van der Waals surface area (Å²) in [5.41, 5.74) is 5.17. The highest BCUT2D eigenvalue weighted by molar-refractivity contribution is 5.83. The van der Waals surface area contributed by atoms with Gasteiger partial charge in [-0.15, -0.1) is 0 Å². The SMILES string of the molecule is COc1ccccc1Cc1cc(C)nc(C2CCN(C(=O)[C@@H]3CC34CCC4)CC2)c1. The molecule has 30 heavy (non-hydrogen) atoms. The van der Waals surface area contributed by atoms with E-state index in [2.05, 4.69) is 36.1 Å². The number of methoxy groups -OCH3 is 1. The maximum atomic E-state index is 12.9. The van der Waals surface area contributed by atoms with Gasteiger partial charge in [0.15, 0.2) is 0 Å². The molecule has 4 heteroatoms. The lowest BCUT2D eigenvalue weighted by Crippen LogP contribution is -2.40. The number of nitrogens with zero attached hydrogens (tertiary/aromatic N) is 2. The summed E-state index contributed by atoms with van der Waals surface area (Å²) >= 11 is 0. The molecule has 1 amide bonds. The minimum Gasteiger partial charge on any atom is -0.496 e. The van der Waals surface area contributed by atoms with Gasteiger partial charge in [-0.25, -0.2) is 0 Å². The van der Waals surface area contributed by atoms with Crippen LogP contribution in [0.25, 0.3) is 0 Å². The number of hydrogen-bond donors (Lipinski definition) is 0. The minimum absolute atomic E-state index is 0.340. The van der Waals surface area contributed by atoms with Crippen LogP contribution in [0.15, 0.2) is 36.4 Å². The van der Waals surface area contributed by atoms with Crippen molar-refractivity contribution in [3.8, 4) is 5.75 Å². The number of likely N-dealkylation sites (tertiary alicyclic amines) is 1. The minimum atomic E-state index is 0.340. The molecule has 0 radical (unpaired) electrons. The summed E-state index contributed by atoms with van der Waals surface area (Å²) in [6.07, 6.45) is 7.93. The molecule has 0 N–H and O–H groups in total. The molecule has 1 aromatic heterocycles. The van der Waals surface area contributed by atoms with E-state index in [9.17, 15) is 4.79 Å². The molecule has 1 saturated heterocycles. The second-order valence-corrected chi connectivity index (χ2v) is 9.60. The number of carbonyl (C=O) groups excluding carboxylic acids is 1. The van der Waals surface area contributed by atoms with Crippen LogP contribution in [0, 0.1) is 18.3 Å². The van der Waals surface area contributed by atoms with Gasteiger partial charge < -0.3 is 9.64 Å². The zero-order valence-corrected chi connectivity index (χ0v) is 18.2. The molecule has 1 spiro atoms. The van der Waals surface area contributed by atoms with E-state index in [-0.39, 0.29) is 0 Å². The van der Waals surface area contributed by atoms with Crippen LogP contribution >= 0.6 is 0 Å². The summed E-state index contributed by atoms with van der Waals surface area (Å²) in [5.74, 6) is 2.15. The molecule has 0 bridgehead atoms. The molecule has 1 aliphatic heterocycles. The quantitative estimate of drug-likeness (QED) is 0.713. The molecule has 3 fully saturated rings. The average molecular weight is 405 g/mol. The molecule has 2 aromatic rings. The monoisotopic (exact) mass is 404 g/mol. The Labute approximate surface area is 179 Å². The second-order valence-electron chi connectivity index (χ2n) is 9.60. The standard InChI is InChI=1S/C26H32N2O2/c1-18-14-19(15-21-6-3-4-7-24(21)30-2)16-23(27-18)20-8-12-28(13-9-20)25(29)22-17-26(22)10-5-11-26/h3-4,6-7,14,16,20,22H,5,8-13,15,17H2,1-2H3/t22-/m0/s1. The molecule has 4 nitrogen and oxygen atoms in total. The summed E-state index contributed by atoms with van der Waals surface area (Å²) in [7, 11) is 1.73. The van der Waals surface area contributed by atoms with Crippen LogP contribution in [0.3, 0.4) is 0 Å². The van der Waals surface area contributed by atoms with Gasteiger partial charge in [0.1, 0.15) is 5.75 Å². The number of rotatable bonds is 5. The third-order valence-electron chi connectivity index (χ3n) is 7.68. The summed E-state index contributed by atoms with van der Waals surface area (Å²) in [5, 5.41) is 0. The molecule has 1 aromatic carbocycles. The van der Waals surface area contributed by atoms with Crippen LogP contribution in [0.4, 0.5) is 0 Å². The second kappa shape index (κ2) is 7.72. The first kappa shape index (κ1) is 19.6. The zero-order valence-electron chi connectivity index (χ0n) is 18.2. The van der Waals surface area contributed by atoms with E-state index in [4.69, 9.17) is 9.72 Å². The van der Waals surface area contributed by atoms with Gasteiger partial charge in [-0.3, -0.25) is 9.78 Å². The molecule has 1 atom stereocenters. The number of piperidine rings is 1. The summed E-state index contributed by atoms with van der Waals surface area (Å²) < 4.78 is 5.53. The average Bonchev–Trinajstić information content (AvgIpc) is 3.50. The smallest absolute Gasteiger partial charge is 0.226 e. The Hall–Kier alpha value is -2.36. The number of aromatic nitrogens is 1. The molecule has 2 aliphatic carbocycles. The number of hydrogen-bond acceptors (Lipinski definition) is 3. The van der Waals surface area contributed by atoms with Crippen molar-refractivity contribution in [3.05, 3.63) is 58.9 Å². The van der Waals surface area contributed by atoms with Crippen LogP contribution in [-0.2, 0) is 11.2 Å². The van der Waals surface area contributed by atoms with Gasteiger partial charge in [-0.1, -0.05) is 24.6 Å². The maximum absolute atomic E-state index is 12.9. The van der Waals surface area contributed by atoms with E-state index >= 15 is 0 Å². The Morgan fingerprint density at radius 3 is 2.63 bits per heavy atom. The van der Waals surface area contributed by atoms with Crippen LogP contribution < -0.4 is 4.74 Å². The predicted octanol–water partition coefficient (Wildman–Crippen LogP) is 4.89. The van der Waals surface area contributed by atoms with Gasteiger partial charge in [0, 0.05) is 42.7 Å². The van der Waals surface area contributed by atoms with E-state index in [0.717, 1.165) is 50.2 Å². The maximum Gasteiger partial charge on any atom is 0.226 e. The third kappa shape index (κ3) is 3.61. The molecule has 3 aliphatic rings. The van der Waals surface area contributed by atoms with Crippen molar-refractivity contribution in [2.24, 2.45) is 11.3 Å². The van der Waals surface area contributed by atoms with Crippen molar-refractivity contribution in [1.29, 1.82) is 0 Å². The van der Waals surface area contributed by atoms with Crippen LogP contribution in [0.5, 0.6) is 5.75 Å². The predicted molar refractivity (Wildman–Crippen MR) is 118 cm³/mol. The van der Waals surface area contributed by atoms with Gasteiger partial charge in [0.05, 0.1) is 7.11 Å². The van der Waals surface area contributed by atoms with Crippen molar-refractivity contribution < 1.29 is 9.53 Å². The molecule has 0 unspecified atom stereocenters. The summed E-state index contributed by atoms with van der Waals surface area (Å²) in [4.78, 5) is 19.9. The topological polar surface area (TPSA) is 42.4 Å². The number of aryl methyl sites for hydroxylation is 1. The first-order chi connectivity index (χ1) is 14.6. The fraction of sp³-hybridized carbons (Fsp3) is 0.538. The molecule has 5 rings (SSSR count). The Kier molecular flexibility index (Phi) is 5.04. The van der Waals surface area contributed by atoms with Gasteiger partial charge in [0.2, 0.25) is 5.91 Å². The number of amides is 1. The molecular formula is C26H32N2O2. The highest BCUT2D eigenvalue weighted by Crippen LogP contribution is 2.66. The fourth-order valence-corrected chi connectivity index (χ4v) is 5.64. The summed E-state index contributed by atoms with van der Waals surface area (Å²) in [6, 6.07) is 12.7. The van der Waals surface area contributed by atoms with Gasteiger partial charge in [-0.2, -0.15) is 0 Å². The lowest BCUT2D eigenvalue weighted by Gasteiger charge is -2.34. The van der Waals surface area contributed by atoms with Crippen LogP contribution in [0.2, 0.25) is 0 Å². The molecular weight excluding hydrogens is 372 g/mol. The molecule has 2 saturated carbocycles. The van der Waals surface area contributed by atoms with Crippen molar-refractivity contribution in [3.63, 3.8) is 0 Å². The number of benzene rings is 1. The van der Waals surface area contributed by atoms with Gasteiger partial charge >= 0.3 is 0 Å². The Bertz CT molecular complexity index is 942. The van der Waals surface area contributed by atoms with Crippen LogP contribution in [0.1, 0.15) is 67.0 Å². The van der Waals surface area contributed by atoms with Crippen LogP contribution in [-0.4, -0.2) is 36.0 Å². The van der Waals surface area contributed by atoms with Crippen molar-refractivity contribution in [2.75, 3.05) is 20.2 Å². The van der Waals surface area contributed by atoms with E-state index in [1.54, 1.807) is 7.11 Å². The highest BCUT2D eigenvalue weighted by Gasteiger charge is 2.61. The third-order valence-corrected chi connectivity index (χ3v) is 7.68. The summed E-state index contributed by atoms with van der Waals surface area (Å²) in [6.45, 7) is 3.85. The zero-order chi connectivity index (χ0) is 20.7. The van der Waals surface area contributed by atoms with Crippen molar-refractivity contribution >= 4 is 5.91 Å².